The minimum Gasteiger partial charge on any atom is -0.495 e. The van der Waals surface area contributed by atoms with Gasteiger partial charge in [0, 0.05) is 0 Å². The number of carboxylic acid groups (broad SMARTS) is 1. The molecule has 0 aliphatic rings. The number of ether oxygens (including phenoxy) is 1. The van der Waals surface area contributed by atoms with Crippen molar-refractivity contribution in [3.8, 4) is 5.75 Å². The van der Waals surface area contributed by atoms with Crippen molar-refractivity contribution in [3.05, 3.63) is 45.9 Å². The molecule has 2 N–H and O–H groups in total. The minimum atomic E-state index is -1.20. The SMILES string of the molecule is COc1ccsc1C(=O)Nc1cc(C(=O)O)ccc1F. The van der Waals surface area contributed by atoms with Gasteiger partial charge in [0.05, 0.1) is 18.4 Å². The van der Waals surface area contributed by atoms with Crippen LogP contribution in [0.3, 0.4) is 0 Å². The van der Waals surface area contributed by atoms with Crippen LogP contribution in [0.25, 0.3) is 0 Å². The van der Waals surface area contributed by atoms with Gasteiger partial charge in [0.2, 0.25) is 0 Å². The van der Waals surface area contributed by atoms with Crippen molar-refractivity contribution < 1.29 is 23.8 Å². The highest BCUT2D eigenvalue weighted by molar-refractivity contribution is 7.12. The van der Waals surface area contributed by atoms with E-state index < -0.39 is 17.7 Å². The number of nitrogens with one attached hydrogen (secondary N) is 1. The number of hydrogen-bond acceptors (Lipinski definition) is 4. The van der Waals surface area contributed by atoms with Gasteiger partial charge in [-0.05, 0) is 29.6 Å². The van der Waals surface area contributed by atoms with E-state index in [4.69, 9.17) is 9.84 Å². The summed E-state index contributed by atoms with van der Waals surface area (Å²) in [5.41, 5.74) is -0.301. The number of carboxylic acids is 1. The number of amides is 1. The first kappa shape index (κ1) is 14.0. The number of benzene rings is 1. The first-order chi connectivity index (χ1) is 9.52. The number of thiophene rings is 1. The molecule has 1 heterocycles. The molecule has 0 aliphatic heterocycles. The van der Waals surface area contributed by atoms with Crippen molar-refractivity contribution in [3.63, 3.8) is 0 Å². The maximum atomic E-state index is 13.6. The van der Waals surface area contributed by atoms with Gasteiger partial charge in [0.1, 0.15) is 16.4 Å². The maximum absolute atomic E-state index is 13.6. The van der Waals surface area contributed by atoms with E-state index in [2.05, 4.69) is 5.32 Å². The van der Waals surface area contributed by atoms with Crippen LogP contribution in [0.1, 0.15) is 20.0 Å². The number of carbonyl (C=O) groups excluding carboxylic acids is 1. The average molecular weight is 295 g/mol. The number of rotatable bonds is 4. The Hall–Kier alpha value is -2.41. The first-order valence-electron chi connectivity index (χ1n) is 5.48. The highest BCUT2D eigenvalue weighted by Gasteiger charge is 2.16. The summed E-state index contributed by atoms with van der Waals surface area (Å²) in [6.45, 7) is 0. The Morgan fingerprint density at radius 1 is 1.35 bits per heavy atom. The molecular formula is C13H10FNO4S. The predicted octanol–water partition coefficient (Wildman–Crippen LogP) is 2.85. The number of carbonyl (C=O) groups is 2. The van der Waals surface area contributed by atoms with Gasteiger partial charge in [-0.1, -0.05) is 0 Å². The molecule has 0 unspecified atom stereocenters. The van der Waals surface area contributed by atoms with E-state index in [0.29, 0.717) is 5.75 Å². The molecule has 7 heteroatoms. The smallest absolute Gasteiger partial charge is 0.335 e. The van der Waals surface area contributed by atoms with Crippen LogP contribution in [-0.2, 0) is 0 Å². The quantitative estimate of drug-likeness (QED) is 0.909. The van der Waals surface area contributed by atoms with Crippen molar-refractivity contribution in [2.45, 2.75) is 0 Å². The molecule has 1 aromatic carbocycles. The molecule has 0 saturated carbocycles. The van der Waals surface area contributed by atoms with E-state index in [1.165, 1.54) is 7.11 Å². The molecule has 20 heavy (non-hydrogen) atoms. The highest BCUT2D eigenvalue weighted by Crippen LogP contribution is 2.26. The topological polar surface area (TPSA) is 75.6 Å². The third-order valence-corrected chi connectivity index (χ3v) is 3.41. The molecular weight excluding hydrogens is 285 g/mol. The summed E-state index contributed by atoms with van der Waals surface area (Å²) in [7, 11) is 1.42. The first-order valence-corrected chi connectivity index (χ1v) is 6.36. The van der Waals surface area contributed by atoms with Crippen molar-refractivity contribution in [2.24, 2.45) is 0 Å². The van der Waals surface area contributed by atoms with Crippen molar-refractivity contribution >= 4 is 28.9 Å². The highest BCUT2D eigenvalue weighted by atomic mass is 32.1. The summed E-state index contributed by atoms with van der Waals surface area (Å²) < 4.78 is 18.6. The third kappa shape index (κ3) is 2.77. The molecule has 0 radical (unpaired) electrons. The van der Waals surface area contributed by atoms with Gasteiger partial charge < -0.3 is 15.2 Å². The number of aromatic carboxylic acids is 1. The lowest BCUT2D eigenvalue weighted by molar-refractivity contribution is 0.0696. The van der Waals surface area contributed by atoms with Crippen LogP contribution in [0, 0.1) is 5.82 Å². The summed E-state index contributed by atoms with van der Waals surface area (Å²) in [5.74, 6) is -2.09. The van der Waals surface area contributed by atoms with Gasteiger partial charge >= 0.3 is 5.97 Å². The fourth-order valence-corrected chi connectivity index (χ4v) is 2.31. The van der Waals surface area contributed by atoms with Crippen LogP contribution in [0.5, 0.6) is 5.75 Å². The Morgan fingerprint density at radius 2 is 2.10 bits per heavy atom. The second kappa shape index (κ2) is 5.70. The lowest BCUT2D eigenvalue weighted by atomic mass is 10.2. The van der Waals surface area contributed by atoms with E-state index in [0.717, 1.165) is 29.5 Å². The van der Waals surface area contributed by atoms with E-state index in [9.17, 15) is 14.0 Å². The fourth-order valence-electron chi connectivity index (χ4n) is 1.56. The van der Waals surface area contributed by atoms with Crippen molar-refractivity contribution in [2.75, 3.05) is 12.4 Å². The van der Waals surface area contributed by atoms with Gasteiger partial charge in [-0.3, -0.25) is 4.79 Å². The molecule has 0 atom stereocenters. The van der Waals surface area contributed by atoms with Gasteiger partial charge in [-0.25, -0.2) is 9.18 Å². The van der Waals surface area contributed by atoms with Crippen LogP contribution in [-0.4, -0.2) is 24.1 Å². The second-order valence-electron chi connectivity index (χ2n) is 3.77. The molecule has 104 valence electrons. The third-order valence-electron chi connectivity index (χ3n) is 2.52. The standard InChI is InChI=1S/C13H10FNO4S/c1-19-10-4-5-20-11(10)12(16)15-9-6-7(13(17)18)2-3-8(9)14/h2-6H,1H3,(H,15,16)(H,17,18). The van der Waals surface area contributed by atoms with Gasteiger partial charge in [-0.15, -0.1) is 11.3 Å². The van der Waals surface area contributed by atoms with Crippen LogP contribution in [0.4, 0.5) is 10.1 Å². The maximum Gasteiger partial charge on any atom is 0.335 e. The molecule has 0 fully saturated rings. The Morgan fingerprint density at radius 3 is 2.75 bits per heavy atom. The summed E-state index contributed by atoms with van der Waals surface area (Å²) in [6, 6.07) is 4.79. The second-order valence-corrected chi connectivity index (χ2v) is 4.69. The normalized spacial score (nSPS) is 10.1. The minimum absolute atomic E-state index is 0.111. The predicted molar refractivity (Wildman–Crippen MR) is 72.2 cm³/mol. The monoisotopic (exact) mass is 295 g/mol. The Kier molecular flexibility index (Phi) is 3.99. The molecule has 5 nitrogen and oxygen atoms in total. The average Bonchev–Trinajstić information content (AvgIpc) is 2.89. The number of hydrogen-bond donors (Lipinski definition) is 2. The molecule has 1 amide bonds. The molecule has 1 aromatic heterocycles. The summed E-state index contributed by atoms with van der Waals surface area (Å²) in [4.78, 5) is 23.1. The van der Waals surface area contributed by atoms with Crippen molar-refractivity contribution in [1.29, 1.82) is 0 Å². The summed E-state index contributed by atoms with van der Waals surface area (Å²) in [5, 5.41) is 12.8. The van der Waals surface area contributed by atoms with Gasteiger partial charge in [-0.2, -0.15) is 0 Å². The van der Waals surface area contributed by atoms with Crippen LogP contribution in [0.2, 0.25) is 0 Å². The molecule has 0 spiro atoms. The van der Waals surface area contributed by atoms with E-state index in [-0.39, 0.29) is 16.1 Å². The molecule has 2 aromatic rings. The fraction of sp³-hybridized carbons (Fsp3) is 0.0769. The molecule has 0 bridgehead atoms. The lowest BCUT2D eigenvalue weighted by Crippen LogP contribution is -2.13. The van der Waals surface area contributed by atoms with Crippen molar-refractivity contribution in [1.82, 2.24) is 0 Å². The molecule has 2 rings (SSSR count). The van der Waals surface area contributed by atoms with E-state index >= 15 is 0 Å². The number of methoxy groups -OCH3 is 1. The van der Waals surface area contributed by atoms with E-state index in [1.54, 1.807) is 11.4 Å². The van der Waals surface area contributed by atoms with Crippen LogP contribution >= 0.6 is 11.3 Å². The van der Waals surface area contributed by atoms with Crippen LogP contribution in [0.15, 0.2) is 29.6 Å². The number of halogens is 1. The van der Waals surface area contributed by atoms with E-state index in [1.807, 2.05) is 0 Å². The summed E-state index contributed by atoms with van der Waals surface area (Å²) >= 11 is 1.14. The van der Waals surface area contributed by atoms with Crippen LogP contribution < -0.4 is 10.1 Å². The van der Waals surface area contributed by atoms with Gasteiger partial charge in [0.15, 0.2) is 0 Å². The Balaban J connectivity index is 2.28. The summed E-state index contributed by atoms with van der Waals surface area (Å²) in [6.07, 6.45) is 0. The zero-order valence-corrected chi connectivity index (χ0v) is 11.2. The zero-order valence-electron chi connectivity index (χ0n) is 10.3. The molecule has 0 aliphatic carbocycles. The van der Waals surface area contributed by atoms with Gasteiger partial charge in [0.25, 0.3) is 5.91 Å². The largest absolute Gasteiger partial charge is 0.495 e. The zero-order chi connectivity index (χ0) is 14.7. The number of anilines is 1. The Labute approximate surface area is 117 Å². The molecule has 0 saturated heterocycles. The Bertz CT molecular complexity index is 668. The lowest BCUT2D eigenvalue weighted by Gasteiger charge is -2.07.